The number of ether oxygens (including phenoxy) is 1. The van der Waals surface area contributed by atoms with E-state index < -0.39 is 18.4 Å². The molecule has 1 rings (SSSR count). The lowest BCUT2D eigenvalue weighted by atomic mass is 10.1. The van der Waals surface area contributed by atoms with Gasteiger partial charge in [-0.2, -0.15) is 0 Å². The zero-order valence-electron chi connectivity index (χ0n) is 9.34. The number of carbonyl (C=O) groups excluding carboxylic acids is 1. The van der Waals surface area contributed by atoms with E-state index in [1.54, 1.807) is 0 Å². The molecule has 0 amide bonds. The summed E-state index contributed by atoms with van der Waals surface area (Å²) in [6.45, 7) is 1.32. The van der Waals surface area contributed by atoms with Gasteiger partial charge in [0.05, 0.1) is 18.7 Å². The number of anilines is 1. The van der Waals surface area contributed by atoms with Gasteiger partial charge in [0.2, 0.25) is 0 Å². The van der Waals surface area contributed by atoms with Crippen molar-refractivity contribution in [2.45, 2.75) is 19.4 Å². The summed E-state index contributed by atoms with van der Waals surface area (Å²) < 4.78 is 29.4. The van der Waals surface area contributed by atoms with Crippen LogP contribution in [0, 0.1) is 0 Å². The van der Waals surface area contributed by atoms with Crippen LogP contribution < -0.4 is 5.32 Å². The third-order valence-corrected chi connectivity index (χ3v) is 2.38. The molecule has 1 unspecified atom stereocenters. The van der Waals surface area contributed by atoms with Crippen LogP contribution in [-0.2, 0) is 4.74 Å². The van der Waals surface area contributed by atoms with Crippen molar-refractivity contribution in [1.29, 1.82) is 0 Å². The van der Waals surface area contributed by atoms with E-state index >= 15 is 0 Å². The molecular formula is C11H12ClF2NO2. The van der Waals surface area contributed by atoms with Gasteiger partial charge >= 0.3 is 5.97 Å². The van der Waals surface area contributed by atoms with Crippen molar-refractivity contribution in [1.82, 2.24) is 0 Å². The van der Waals surface area contributed by atoms with E-state index in [1.807, 2.05) is 0 Å². The molecule has 17 heavy (non-hydrogen) atoms. The van der Waals surface area contributed by atoms with E-state index in [-0.39, 0.29) is 11.3 Å². The number of benzene rings is 1. The highest BCUT2D eigenvalue weighted by Gasteiger charge is 2.18. The first-order valence-electron chi connectivity index (χ1n) is 4.88. The van der Waals surface area contributed by atoms with Gasteiger partial charge in [-0.15, -0.1) is 0 Å². The number of hydrogen-bond acceptors (Lipinski definition) is 3. The fraction of sp³-hybridized carbons (Fsp3) is 0.364. The molecule has 0 radical (unpaired) electrons. The summed E-state index contributed by atoms with van der Waals surface area (Å²) in [5, 5.41) is 2.88. The lowest BCUT2D eigenvalue weighted by Crippen LogP contribution is -2.25. The van der Waals surface area contributed by atoms with E-state index in [0.29, 0.717) is 5.02 Å². The van der Waals surface area contributed by atoms with Crippen LogP contribution in [0.4, 0.5) is 14.5 Å². The standard InChI is InChI=1S/C11H12ClF2NO2/c1-6(10(13)14)15-9-4-3-7(12)5-8(9)11(16)17-2/h3-6,10,15H,1-2H3. The van der Waals surface area contributed by atoms with Crippen LogP contribution in [0.25, 0.3) is 0 Å². The maximum Gasteiger partial charge on any atom is 0.340 e. The van der Waals surface area contributed by atoms with E-state index in [1.165, 1.54) is 32.2 Å². The average Bonchev–Trinajstić information content (AvgIpc) is 2.30. The minimum absolute atomic E-state index is 0.132. The molecule has 1 N–H and O–H groups in total. The Bertz CT molecular complexity index is 412. The molecule has 6 heteroatoms. The number of carbonyl (C=O) groups is 1. The molecule has 0 heterocycles. The molecule has 0 aliphatic rings. The lowest BCUT2D eigenvalue weighted by molar-refractivity contribution is 0.0601. The predicted molar refractivity (Wildman–Crippen MR) is 61.9 cm³/mol. The Balaban J connectivity index is 3.02. The molecular weight excluding hydrogens is 252 g/mol. The number of alkyl halides is 2. The topological polar surface area (TPSA) is 38.3 Å². The second-order valence-electron chi connectivity index (χ2n) is 3.45. The zero-order valence-corrected chi connectivity index (χ0v) is 10.1. The van der Waals surface area contributed by atoms with Crippen LogP contribution in [0.5, 0.6) is 0 Å². The molecule has 1 atom stereocenters. The summed E-state index contributed by atoms with van der Waals surface area (Å²) in [5.74, 6) is -0.628. The number of nitrogens with one attached hydrogen (secondary N) is 1. The Kier molecular flexibility index (Phi) is 4.69. The fourth-order valence-corrected chi connectivity index (χ4v) is 1.40. The molecule has 0 aromatic heterocycles. The van der Waals surface area contributed by atoms with Gasteiger partial charge < -0.3 is 10.1 Å². The Morgan fingerprint density at radius 3 is 2.65 bits per heavy atom. The van der Waals surface area contributed by atoms with Crippen LogP contribution >= 0.6 is 11.6 Å². The smallest absolute Gasteiger partial charge is 0.340 e. The van der Waals surface area contributed by atoms with Gasteiger partial charge in [0, 0.05) is 10.7 Å². The minimum atomic E-state index is -2.53. The van der Waals surface area contributed by atoms with Crippen molar-refractivity contribution in [2.24, 2.45) is 0 Å². The van der Waals surface area contributed by atoms with E-state index in [4.69, 9.17) is 11.6 Å². The average molecular weight is 264 g/mol. The molecule has 0 saturated heterocycles. The maximum absolute atomic E-state index is 12.4. The summed E-state index contributed by atoms with van der Waals surface area (Å²) in [5.41, 5.74) is 0.404. The monoisotopic (exact) mass is 263 g/mol. The van der Waals surface area contributed by atoms with Crippen LogP contribution in [0.3, 0.4) is 0 Å². The third kappa shape index (κ3) is 3.56. The van der Waals surface area contributed by atoms with Crippen LogP contribution in [0.15, 0.2) is 18.2 Å². The maximum atomic E-state index is 12.4. The number of halogens is 3. The highest BCUT2D eigenvalue weighted by Crippen LogP contribution is 2.23. The zero-order chi connectivity index (χ0) is 13.0. The van der Waals surface area contributed by atoms with Gasteiger partial charge in [-0.25, -0.2) is 13.6 Å². The van der Waals surface area contributed by atoms with E-state index in [0.717, 1.165) is 0 Å². The summed E-state index contributed by atoms with van der Waals surface area (Å²) in [6, 6.07) is 3.27. The lowest BCUT2D eigenvalue weighted by Gasteiger charge is -2.16. The molecule has 0 aliphatic carbocycles. The first-order chi connectivity index (χ1) is 7.95. The molecule has 3 nitrogen and oxygen atoms in total. The highest BCUT2D eigenvalue weighted by molar-refractivity contribution is 6.31. The normalized spacial score (nSPS) is 12.4. The van der Waals surface area contributed by atoms with Crippen LogP contribution in [0.2, 0.25) is 5.02 Å². The molecule has 0 bridgehead atoms. The van der Waals surface area contributed by atoms with E-state index in [2.05, 4.69) is 10.1 Å². The Morgan fingerprint density at radius 2 is 2.12 bits per heavy atom. The minimum Gasteiger partial charge on any atom is -0.465 e. The summed E-state index contributed by atoms with van der Waals surface area (Å²) in [6.07, 6.45) is -2.53. The summed E-state index contributed by atoms with van der Waals surface area (Å²) in [7, 11) is 1.21. The SMILES string of the molecule is COC(=O)c1cc(Cl)ccc1NC(C)C(F)F. The number of hydrogen-bond donors (Lipinski definition) is 1. The van der Waals surface area contributed by atoms with Crippen molar-refractivity contribution in [3.63, 3.8) is 0 Å². The third-order valence-electron chi connectivity index (χ3n) is 2.15. The van der Waals surface area contributed by atoms with Crippen molar-refractivity contribution >= 4 is 23.3 Å². The van der Waals surface area contributed by atoms with Gasteiger partial charge in [0.1, 0.15) is 0 Å². The van der Waals surface area contributed by atoms with Crippen molar-refractivity contribution in [3.8, 4) is 0 Å². The Morgan fingerprint density at radius 1 is 1.47 bits per heavy atom. The van der Waals surface area contributed by atoms with Gasteiger partial charge in [-0.3, -0.25) is 0 Å². The quantitative estimate of drug-likeness (QED) is 0.848. The largest absolute Gasteiger partial charge is 0.465 e. The van der Waals surface area contributed by atoms with Crippen LogP contribution in [-0.4, -0.2) is 25.5 Å². The molecule has 94 valence electrons. The number of rotatable bonds is 4. The predicted octanol–water partition coefficient (Wildman–Crippen LogP) is 3.19. The van der Waals surface area contributed by atoms with Crippen molar-refractivity contribution < 1.29 is 18.3 Å². The Hall–Kier alpha value is -1.36. The highest BCUT2D eigenvalue weighted by atomic mass is 35.5. The first-order valence-corrected chi connectivity index (χ1v) is 5.26. The first kappa shape index (κ1) is 13.7. The van der Waals surface area contributed by atoms with Crippen molar-refractivity contribution in [2.75, 3.05) is 12.4 Å². The van der Waals surface area contributed by atoms with Gasteiger partial charge in [0.25, 0.3) is 6.43 Å². The van der Waals surface area contributed by atoms with Gasteiger partial charge in [-0.05, 0) is 25.1 Å². The summed E-state index contributed by atoms with van der Waals surface area (Å²) >= 11 is 5.73. The molecule has 0 aliphatic heterocycles. The molecule has 0 spiro atoms. The second-order valence-corrected chi connectivity index (χ2v) is 3.89. The van der Waals surface area contributed by atoms with Gasteiger partial charge in [-0.1, -0.05) is 11.6 Å². The molecule has 0 saturated carbocycles. The molecule has 0 fully saturated rings. The van der Waals surface area contributed by atoms with Crippen LogP contribution in [0.1, 0.15) is 17.3 Å². The fourth-order valence-electron chi connectivity index (χ4n) is 1.23. The second kappa shape index (κ2) is 5.82. The number of esters is 1. The Labute approximate surface area is 103 Å². The van der Waals surface area contributed by atoms with Crippen molar-refractivity contribution in [3.05, 3.63) is 28.8 Å². The summed E-state index contributed by atoms with van der Waals surface area (Å²) in [4.78, 5) is 11.4. The molecule has 1 aromatic rings. The molecule has 1 aromatic carbocycles. The van der Waals surface area contributed by atoms with E-state index in [9.17, 15) is 13.6 Å². The van der Waals surface area contributed by atoms with Gasteiger partial charge in [0.15, 0.2) is 0 Å². The number of methoxy groups -OCH3 is 1.